The number of hydrogen-bond donors (Lipinski definition) is 1. The van der Waals surface area contributed by atoms with E-state index >= 15 is 0 Å². The molecule has 0 bridgehead atoms. The number of aromatic nitrogens is 1. The van der Waals surface area contributed by atoms with Gasteiger partial charge in [0, 0.05) is 19.2 Å². The van der Waals surface area contributed by atoms with Gasteiger partial charge >= 0.3 is 0 Å². The fourth-order valence-electron chi connectivity index (χ4n) is 1.96. The number of rotatable bonds is 6. The lowest BCUT2D eigenvalue weighted by atomic mass is 10.2. The van der Waals surface area contributed by atoms with Gasteiger partial charge in [0.15, 0.2) is 11.5 Å². The first-order chi connectivity index (χ1) is 9.69. The number of amides is 1. The van der Waals surface area contributed by atoms with Crippen LogP contribution in [0.15, 0.2) is 40.9 Å². The van der Waals surface area contributed by atoms with Gasteiger partial charge in [-0.1, -0.05) is 35.5 Å². The number of nitrogens with zero attached hydrogens (tertiary/aromatic N) is 2. The second-order valence-electron chi connectivity index (χ2n) is 4.70. The van der Waals surface area contributed by atoms with Crippen molar-refractivity contribution in [2.45, 2.75) is 20.0 Å². The zero-order valence-electron chi connectivity index (χ0n) is 11.8. The monoisotopic (exact) mass is 273 g/mol. The van der Waals surface area contributed by atoms with Crippen LogP contribution in [-0.4, -0.2) is 29.6 Å². The molecule has 0 aliphatic rings. The maximum atomic E-state index is 11.6. The lowest BCUT2D eigenvalue weighted by Crippen LogP contribution is -2.22. The Labute approximate surface area is 118 Å². The van der Waals surface area contributed by atoms with Gasteiger partial charge in [-0.2, -0.15) is 0 Å². The van der Waals surface area contributed by atoms with E-state index in [0.29, 0.717) is 24.5 Å². The Morgan fingerprint density at radius 3 is 2.75 bits per heavy atom. The predicted molar refractivity (Wildman–Crippen MR) is 76.1 cm³/mol. The molecule has 0 fully saturated rings. The zero-order chi connectivity index (χ0) is 14.4. The van der Waals surface area contributed by atoms with E-state index in [1.165, 1.54) is 5.56 Å². The van der Waals surface area contributed by atoms with Crippen molar-refractivity contribution in [1.82, 2.24) is 15.4 Å². The first-order valence-electron chi connectivity index (χ1n) is 6.65. The second-order valence-corrected chi connectivity index (χ2v) is 4.70. The molecule has 1 aromatic carbocycles. The average molecular weight is 273 g/mol. The van der Waals surface area contributed by atoms with Crippen molar-refractivity contribution in [2.24, 2.45) is 0 Å². The SMILES string of the molecule is CCNC(=O)c1cc(CN(C)Cc2ccccc2)on1. The van der Waals surface area contributed by atoms with Crippen molar-refractivity contribution >= 4 is 5.91 Å². The molecule has 0 aliphatic heterocycles. The number of carbonyl (C=O) groups excluding carboxylic acids is 1. The number of benzene rings is 1. The van der Waals surface area contributed by atoms with Crippen molar-refractivity contribution in [2.75, 3.05) is 13.6 Å². The number of nitrogens with one attached hydrogen (secondary N) is 1. The minimum atomic E-state index is -0.201. The topological polar surface area (TPSA) is 58.4 Å². The van der Waals surface area contributed by atoms with Crippen molar-refractivity contribution in [3.63, 3.8) is 0 Å². The lowest BCUT2D eigenvalue weighted by Gasteiger charge is -2.14. The van der Waals surface area contributed by atoms with Crippen LogP contribution in [0.2, 0.25) is 0 Å². The third-order valence-corrected chi connectivity index (χ3v) is 2.85. The minimum Gasteiger partial charge on any atom is -0.359 e. The summed E-state index contributed by atoms with van der Waals surface area (Å²) in [5.74, 6) is 0.484. The largest absolute Gasteiger partial charge is 0.359 e. The van der Waals surface area contributed by atoms with Gasteiger partial charge in [-0.05, 0) is 19.5 Å². The van der Waals surface area contributed by atoms with E-state index < -0.39 is 0 Å². The van der Waals surface area contributed by atoms with Crippen LogP contribution < -0.4 is 5.32 Å². The van der Waals surface area contributed by atoms with Gasteiger partial charge in [0.05, 0.1) is 6.54 Å². The molecule has 0 unspecified atom stereocenters. The Morgan fingerprint density at radius 1 is 1.30 bits per heavy atom. The van der Waals surface area contributed by atoms with Crippen LogP contribution in [0, 0.1) is 0 Å². The molecule has 0 radical (unpaired) electrons. The molecule has 106 valence electrons. The van der Waals surface area contributed by atoms with Gasteiger partial charge in [-0.25, -0.2) is 0 Å². The van der Waals surface area contributed by atoms with Crippen LogP contribution in [0.4, 0.5) is 0 Å². The van der Waals surface area contributed by atoms with Gasteiger partial charge in [0.1, 0.15) is 0 Å². The summed E-state index contributed by atoms with van der Waals surface area (Å²) < 4.78 is 5.19. The highest BCUT2D eigenvalue weighted by molar-refractivity contribution is 5.92. The fourth-order valence-corrected chi connectivity index (χ4v) is 1.96. The first kappa shape index (κ1) is 14.3. The molecule has 1 aromatic heterocycles. The summed E-state index contributed by atoms with van der Waals surface area (Å²) in [5.41, 5.74) is 1.56. The Bertz CT molecular complexity index is 551. The molecule has 1 amide bonds. The number of hydrogen-bond acceptors (Lipinski definition) is 4. The molecule has 1 N–H and O–H groups in total. The van der Waals surface area contributed by atoms with E-state index in [1.807, 2.05) is 32.2 Å². The summed E-state index contributed by atoms with van der Waals surface area (Å²) in [6, 6.07) is 11.9. The smallest absolute Gasteiger partial charge is 0.273 e. The van der Waals surface area contributed by atoms with Crippen molar-refractivity contribution in [3.05, 3.63) is 53.4 Å². The highest BCUT2D eigenvalue weighted by Gasteiger charge is 2.12. The quantitative estimate of drug-likeness (QED) is 0.875. The molecule has 0 spiro atoms. The van der Waals surface area contributed by atoms with Crippen molar-refractivity contribution in [1.29, 1.82) is 0 Å². The van der Waals surface area contributed by atoms with Gasteiger partial charge in [0.2, 0.25) is 0 Å². The molecule has 1 heterocycles. The molecular formula is C15H19N3O2. The van der Waals surface area contributed by atoms with Gasteiger partial charge < -0.3 is 9.84 Å². The van der Waals surface area contributed by atoms with Crippen molar-refractivity contribution < 1.29 is 9.32 Å². The summed E-state index contributed by atoms with van der Waals surface area (Å²) in [5, 5.41) is 6.47. The number of carbonyl (C=O) groups is 1. The van der Waals surface area contributed by atoms with Crippen LogP contribution in [0.5, 0.6) is 0 Å². The Morgan fingerprint density at radius 2 is 2.05 bits per heavy atom. The van der Waals surface area contributed by atoms with Crippen LogP contribution in [-0.2, 0) is 13.1 Å². The molecule has 2 rings (SSSR count). The predicted octanol–water partition coefficient (Wildman–Crippen LogP) is 2.06. The first-order valence-corrected chi connectivity index (χ1v) is 6.65. The summed E-state index contributed by atoms with van der Waals surface area (Å²) in [4.78, 5) is 13.7. The molecule has 0 atom stereocenters. The van der Waals surface area contributed by atoms with E-state index in [4.69, 9.17) is 4.52 Å². The Balaban J connectivity index is 1.91. The molecule has 0 saturated carbocycles. The van der Waals surface area contributed by atoms with Crippen LogP contribution in [0.1, 0.15) is 28.7 Å². The van der Waals surface area contributed by atoms with E-state index in [9.17, 15) is 4.79 Å². The van der Waals surface area contributed by atoms with E-state index in [0.717, 1.165) is 6.54 Å². The van der Waals surface area contributed by atoms with E-state index in [-0.39, 0.29) is 5.91 Å². The minimum absolute atomic E-state index is 0.201. The standard InChI is InChI=1S/C15H19N3O2/c1-3-16-15(19)14-9-13(20-17-14)11-18(2)10-12-7-5-4-6-8-12/h4-9H,3,10-11H2,1-2H3,(H,16,19). The lowest BCUT2D eigenvalue weighted by molar-refractivity contribution is 0.0946. The third-order valence-electron chi connectivity index (χ3n) is 2.85. The molecular weight excluding hydrogens is 254 g/mol. The van der Waals surface area contributed by atoms with Crippen LogP contribution >= 0.6 is 0 Å². The normalized spacial score (nSPS) is 10.8. The Kier molecular flexibility index (Phi) is 4.90. The molecule has 5 nitrogen and oxygen atoms in total. The van der Waals surface area contributed by atoms with E-state index in [1.54, 1.807) is 6.07 Å². The highest BCUT2D eigenvalue weighted by Crippen LogP contribution is 2.09. The van der Waals surface area contributed by atoms with Crippen LogP contribution in [0.3, 0.4) is 0 Å². The van der Waals surface area contributed by atoms with E-state index in [2.05, 4.69) is 27.5 Å². The highest BCUT2D eigenvalue weighted by atomic mass is 16.5. The zero-order valence-corrected chi connectivity index (χ0v) is 11.8. The molecule has 2 aromatic rings. The maximum absolute atomic E-state index is 11.6. The van der Waals surface area contributed by atoms with Crippen molar-refractivity contribution in [3.8, 4) is 0 Å². The second kappa shape index (κ2) is 6.86. The van der Waals surface area contributed by atoms with Gasteiger partial charge in [-0.15, -0.1) is 0 Å². The fraction of sp³-hybridized carbons (Fsp3) is 0.333. The van der Waals surface area contributed by atoms with Gasteiger partial charge in [0.25, 0.3) is 5.91 Å². The maximum Gasteiger partial charge on any atom is 0.273 e. The van der Waals surface area contributed by atoms with Gasteiger partial charge in [-0.3, -0.25) is 9.69 Å². The molecule has 20 heavy (non-hydrogen) atoms. The molecule has 0 saturated heterocycles. The van der Waals surface area contributed by atoms with Crippen LogP contribution in [0.25, 0.3) is 0 Å². The molecule has 5 heteroatoms. The summed E-state index contributed by atoms with van der Waals surface area (Å²) in [7, 11) is 2.00. The summed E-state index contributed by atoms with van der Waals surface area (Å²) >= 11 is 0. The molecule has 0 aliphatic carbocycles. The Hall–Kier alpha value is -2.14. The summed E-state index contributed by atoms with van der Waals surface area (Å²) in [6.45, 7) is 3.88. The third kappa shape index (κ3) is 3.93. The summed E-state index contributed by atoms with van der Waals surface area (Å²) in [6.07, 6.45) is 0. The average Bonchev–Trinajstić information content (AvgIpc) is 2.88.